The molecule has 0 saturated carbocycles. The van der Waals surface area contributed by atoms with Crippen LogP contribution in [0.5, 0.6) is 0 Å². The first-order chi connectivity index (χ1) is 11.8. The van der Waals surface area contributed by atoms with E-state index in [1.165, 1.54) is 31.3 Å². The molecule has 1 radical (unpaired) electrons. The first-order valence-corrected chi connectivity index (χ1v) is 9.86. The van der Waals surface area contributed by atoms with E-state index in [2.05, 4.69) is 15.4 Å². The van der Waals surface area contributed by atoms with E-state index in [-0.39, 0.29) is 11.4 Å². The van der Waals surface area contributed by atoms with Gasteiger partial charge in [-0.15, -0.1) is 0 Å². The topological polar surface area (TPSA) is 46.9 Å². The van der Waals surface area contributed by atoms with Crippen molar-refractivity contribution in [1.82, 2.24) is 9.78 Å². The van der Waals surface area contributed by atoms with Crippen molar-refractivity contribution in [3.63, 3.8) is 0 Å². The number of rotatable bonds is 3. The van der Waals surface area contributed by atoms with Gasteiger partial charge in [-0.2, -0.15) is 0 Å². The standard InChI is InChI=1S/C16H12F4N3OSe/c1-23-12(9-14(22-23)16(18,19)20)13-7-4-8-25(13)15(24)21-11-6-3-2-5-10(11)17/h2-7,9,25H,1H3,(H,21,24). The molecule has 1 aliphatic rings. The number of carbonyl (C=O) groups is 1. The number of allylic oxidation sites excluding steroid dienone is 2. The molecule has 1 atom stereocenters. The van der Waals surface area contributed by atoms with Crippen LogP contribution < -0.4 is 5.32 Å². The number of hydrogen-bond donors (Lipinski definition) is 1. The third-order valence-electron chi connectivity index (χ3n) is 3.44. The average Bonchev–Trinajstić information content (AvgIpc) is 3.15. The van der Waals surface area contributed by atoms with Gasteiger partial charge in [0.1, 0.15) is 0 Å². The number of hydrogen-bond acceptors (Lipinski definition) is 2. The summed E-state index contributed by atoms with van der Waals surface area (Å²) < 4.78 is 53.7. The van der Waals surface area contributed by atoms with Crippen molar-refractivity contribution in [3.05, 3.63) is 64.7 Å². The molecular weight excluding hydrogens is 405 g/mol. The Morgan fingerprint density at radius 2 is 2.04 bits per heavy atom. The van der Waals surface area contributed by atoms with Crippen molar-refractivity contribution < 1.29 is 22.4 Å². The molecule has 0 saturated heterocycles. The molecule has 2 aromatic rings. The van der Waals surface area contributed by atoms with Gasteiger partial charge in [-0.1, -0.05) is 0 Å². The van der Waals surface area contributed by atoms with Crippen molar-refractivity contribution in [2.45, 2.75) is 6.18 Å². The summed E-state index contributed by atoms with van der Waals surface area (Å²) in [5.41, 5.74) is -0.797. The number of amides is 1. The zero-order chi connectivity index (χ0) is 18.2. The Balaban J connectivity index is 1.86. The Morgan fingerprint density at radius 3 is 2.68 bits per heavy atom. The molecule has 131 valence electrons. The van der Waals surface area contributed by atoms with E-state index in [1.807, 2.05) is 0 Å². The van der Waals surface area contributed by atoms with Crippen molar-refractivity contribution in [2.24, 2.45) is 7.05 Å². The SMILES string of the molecule is Cn1nc(C(F)(F)F)cc1C1=CC=[C][SeH]1C(=O)Nc1ccccc1F. The Morgan fingerprint density at radius 1 is 1.32 bits per heavy atom. The third kappa shape index (κ3) is 3.52. The van der Waals surface area contributed by atoms with Gasteiger partial charge in [0, 0.05) is 0 Å². The molecule has 1 aliphatic heterocycles. The van der Waals surface area contributed by atoms with E-state index < -0.39 is 36.4 Å². The minimum atomic E-state index is -4.57. The molecule has 9 heteroatoms. The van der Waals surface area contributed by atoms with Crippen LogP contribution in [-0.2, 0) is 13.2 Å². The number of para-hydroxylation sites is 1. The number of alkyl halides is 3. The normalized spacial score (nSPS) is 18.3. The quantitative estimate of drug-likeness (QED) is 0.615. The maximum atomic E-state index is 13.7. The Labute approximate surface area is 144 Å². The maximum absolute atomic E-state index is 13.7. The van der Waals surface area contributed by atoms with Crippen LogP contribution in [0.1, 0.15) is 11.4 Å². The van der Waals surface area contributed by atoms with Gasteiger partial charge in [0.05, 0.1) is 0 Å². The second-order valence-electron chi connectivity index (χ2n) is 5.13. The van der Waals surface area contributed by atoms with Crippen LogP contribution in [0.4, 0.5) is 28.0 Å². The second-order valence-corrected chi connectivity index (χ2v) is 8.94. The monoisotopic (exact) mass is 418 g/mol. The van der Waals surface area contributed by atoms with Crippen LogP contribution in [0.3, 0.4) is 0 Å². The van der Waals surface area contributed by atoms with Gasteiger partial charge in [0.2, 0.25) is 0 Å². The number of halogens is 4. The molecule has 1 aromatic carbocycles. The molecule has 1 amide bonds. The fraction of sp³-hybridized carbons (Fsp3) is 0.125. The van der Waals surface area contributed by atoms with Crippen molar-refractivity contribution in [1.29, 1.82) is 0 Å². The fourth-order valence-corrected chi connectivity index (χ4v) is 5.62. The Bertz CT molecular complexity index is 886. The van der Waals surface area contributed by atoms with Gasteiger partial charge in [-0.05, 0) is 0 Å². The predicted molar refractivity (Wildman–Crippen MR) is 86.6 cm³/mol. The number of benzene rings is 1. The summed E-state index contributed by atoms with van der Waals surface area (Å²) in [6, 6.07) is 6.59. The molecule has 4 nitrogen and oxygen atoms in total. The van der Waals surface area contributed by atoms with Crippen molar-refractivity contribution in [2.75, 3.05) is 5.32 Å². The molecule has 0 bridgehead atoms. The Hall–Kier alpha value is -2.38. The summed E-state index contributed by atoms with van der Waals surface area (Å²) in [5, 5.41) is 5.94. The fourth-order valence-electron chi connectivity index (χ4n) is 2.28. The molecule has 0 spiro atoms. The van der Waals surface area contributed by atoms with E-state index in [0.717, 1.165) is 10.7 Å². The molecule has 1 N–H and O–H groups in total. The number of anilines is 1. The van der Waals surface area contributed by atoms with Crippen molar-refractivity contribution >= 4 is 28.9 Å². The first kappa shape index (κ1) is 17.4. The van der Waals surface area contributed by atoms with Gasteiger partial charge in [-0.25, -0.2) is 0 Å². The zero-order valence-corrected chi connectivity index (χ0v) is 14.7. The average molecular weight is 417 g/mol. The number of nitrogens with zero attached hydrogens (tertiary/aromatic N) is 2. The summed E-state index contributed by atoms with van der Waals surface area (Å²) in [7, 11) is 1.38. The summed E-state index contributed by atoms with van der Waals surface area (Å²) in [4.78, 5) is 14.9. The molecule has 2 heterocycles. The minimum absolute atomic E-state index is 0.0240. The molecule has 0 fully saturated rings. The zero-order valence-electron chi connectivity index (χ0n) is 12.8. The third-order valence-corrected chi connectivity index (χ3v) is 7.18. The van der Waals surface area contributed by atoms with Gasteiger partial charge in [0.25, 0.3) is 0 Å². The molecule has 25 heavy (non-hydrogen) atoms. The van der Waals surface area contributed by atoms with Crippen LogP contribution in [-0.4, -0.2) is 28.5 Å². The number of aryl methyl sites for hydroxylation is 1. The van der Waals surface area contributed by atoms with Crippen LogP contribution in [0.15, 0.2) is 42.5 Å². The summed E-state index contributed by atoms with van der Waals surface area (Å²) >= 11 is -2.65. The Kier molecular flexibility index (Phi) is 4.53. The van der Waals surface area contributed by atoms with E-state index in [9.17, 15) is 22.4 Å². The molecule has 0 aliphatic carbocycles. The summed E-state index contributed by atoms with van der Waals surface area (Å²) in [6.45, 7) is 0. The number of aromatic nitrogens is 2. The van der Waals surface area contributed by atoms with Gasteiger partial charge >= 0.3 is 144 Å². The van der Waals surface area contributed by atoms with E-state index in [4.69, 9.17) is 0 Å². The first-order valence-electron chi connectivity index (χ1n) is 7.04. The van der Waals surface area contributed by atoms with Crippen LogP contribution in [0, 0.1) is 10.8 Å². The number of nitrogens with one attached hydrogen (secondary N) is 1. The van der Waals surface area contributed by atoms with Gasteiger partial charge < -0.3 is 0 Å². The number of carbonyl (C=O) groups excluding carboxylic acids is 1. The molecule has 1 unspecified atom stereocenters. The second kappa shape index (κ2) is 6.49. The van der Waals surface area contributed by atoms with Crippen molar-refractivity contribution in [3.8, 4) is 0 Å². The molecule has 1 aromatic heterocycles. The van der Waals surface area contributed by atoms with Crippen LogP contribution >= 0.6 is 0 Å². The van der Waals surface area contributed by atoms with Crippen LogP contribution in [0.2, 0.25) is 0 Å². The summed E-state index contributed by atoms with van der Waals surface area (Å²) in [5.74, 6) is -0.585. The van der Waals surface area contributed by atoms with E-state index in [1.54, 1.807) is 12.1 Å². The van der Waals surface area contributed by atoms with Crippen LogP contribution in [0.25, 0.3) is 4.47 Å². The van der Waals surface area contributed by atoms with Gasteiger partial charge in [0.15, 0.2) is 0 Å². The van der Waals surface area contributed by atoms with E-state index >= 15 is 0 Å². The van der Waals surface area contributed by atoms with E-state index in [0.29, 0.717) is 4.47 Å². The molecule has 3 rings (SSSR count). The summed E-state index contributed by atoms with van der Waals surface area (Å²) in [6.07, 6.45) is -1.51. The van der Waals surface area contributed by atoms with Gasteiger partial charge in [-0.3, -0.25) is 0 Å². The predicted octanol–water partition coefficient (Wildman–Crippen LogP) is 3.45. The molecular formula is C16H12F4N3OSe.